The third-order valence-electron chi connectivity index (χ3n) is 3.65. The quantitative estimate of drug-likeness (QED) is 0.932. The summed E-state index contributed by atoms with van der Waals surface area (Å²) in [5.74, 6) is 0.841. The molecule has 23 heavy (non-hydrogen) atoms. The van der Waals surface area contributed by atoms with Crippen LogP contribution in [0.2, 0.25) is 0 Å². The number of carbonyl (C=O) groups is 1. The van der Waals surface area contributed by atoms with Crippen molar-refractivity contribution in [3.63, 3.8) is 0 Å². The molecular weight excluding hydrogens is 290 g/mol. The van der Waals surface area contributed by atoms with Crippen LogP contribution in [0.5, 0.6) is 0 Å². The monoisotopic (exact) mass is 317 g/mol. The molecule has 1 aromatic carbocycles. The van der Waals surface area contributed by atoms with Gasteiger partial charge in [-0.25, -0.2) is 4.79 Å². The molecule has 1 heterocycles. The van der Waals surface area contributed by atoms with Gasteiger partial charge in [0.1, 0.15) is 11.4 Å². The molecule has 2 rings (SSSR count). The summed E-state index contributed by atoms with van der Waals surface area (Å²) in [6.45, 7) is 10.2. The Morgan fingerprint density at radius 1 is 1.30 bits per heavy atom. The zero-order valence-electron chi connectivity index (χ0n) is 14.6. The van der Waals surface area contributed by atoms with E-state index in [0.717, 1.165) is 18.8 Å². The van der Waals surface area contributed by atoms with Crippen LogP contribution in [-0.4, -0.2) is 42.1 Å². The van der Waals surface area contributed by atoms with E-state index in [1.54, 1.807) is 4.90 Å². The lowest BCUT2D eigenvalue weighted by Gasteiger charge is -2.30. The van der Waals surface area contributed by atoms with E-state index in [0.29, 0.717) is 19.6 Å². The second-order valence-corrected chi connectivity index (χ2v) is 6.71. The van der Waals surface area contributed by atoms with Crippen LogP contribution in [0.4, 0.5) is 4.79 Å². The largest absolute Gasteiger partial charge is 0.444 e. The highest BCUT2D eigenvalue weighted by Gasteiger charge is 2.24. The molecule has 5 nitrogen and oxygen atoms in total. The summed E-state index contributed by atoms with van der Waals surface area (Å²) in [5, 5.41) is 3.36. The van der Waals surface area contributed by atoms with Gasteiger partial charge in [0.2, 0.25) is 0 Å². The first-order chi connectivity index (χ1) is 10.9. The fraction of sp³-hybridized carbons (Fsp3) is 0.556. The molecule has 0 fully saturated rings. The van der Waals surface area contributed by atoms with Gasteiger partial charge in [-0.05, 0) is 38.3 Å². The van der Waals surface area contributed by atoms with E-state index < -0.39 is 5.60 Å². The van der Waals surface area contributed by atoms with E-state index in [9.17, 15) is 4.79 Å². The molecule has 126 valence electrons. The molecule has 1 aliphatic heterocycles. The lowest BCUT2D eigenvalue weighted by molar-refractivity contribution is 0.0276. The lowest BCUT2D eigenvalue weighted by atomic mass is 10.1. The topological polar surface area (TPSA) is 53.9 Å². The van der Waals surface area contributed by atoms with E-state index in [1.807, 2.05) is 26.8 Å². The number of nitrogens with zero attached hydrogens (tertiary/aromatic N) is 2. The van der Waals surface area contributed by atoms with Crippen LogP contribution >= 0.6 is 0 Å². The predicted molar refractivity (Wildman–Crippen MR) is 92.8 cm³/mol. The lowest BCUT2D eigenvalue weighted by Crippen LogP contribution is -2.47. The Morgan fingerprint density at radius 2 is 2.00 bits per heavy atom. The molecule has 0 aromatic heterocycles. The van der Waals surface area contributed by atoms with E-state index >= 15 is 0 Å². The number of benzene rings is 1. The van der Waals surface area contributed by atoms with Gasteiger partial charge in [0.05, 0.1) is 13.1 Å². The molecule has 0 aliphatic carbocycles. The van der Waals surface area contributed by atoms with Crippen LogP contribution in [0.15, 0.2) is 29.3 Å². The summed E-state index contributed by atoms with van der Waals surface area (Å²) in [7, 11) is 0. The van der Waals surface area contributed by atoms with E-state index in [4.69, 9.17) is 4.74 Å². The standard InChI is InChI=1S/C18H27N3O2/c1-5-14-8-6-7-9-15(14)12-20-16-13-21(11-10-19-16)17(22)23-18(2,3)4/h6-9H,5,10-13H2,1-4H3,(H,19,20). The Balaban J connectivity index is 1.91. The predicted octanol–water partition coefficient (Wildman–Crippen LogP) is 2.99. The molecule has 1 aromatic rings. The number of rotatable bonds is 3. The Bertz CT molecular complexity index is 576. The first kappa shape index (κ1) is 17.3. The summed E-state index contributed by atoms with van der Waals surface area (Å²) in [6, 6.07) is 8.38. The van der Waals surface area contributed by atoms with Gasteiger partial charge >= 0.3 is 6.09 Å². The van der Waals surface area contributed by atoms with Crippen molar-refractivity contribution in [3.8, 4) is 0 Å². The first-order valence-corrected chi connectivity index (χ1v) is 8.21. The summed E-state index contributed by atoms with van der Waals surface area (Å²) in [4.78, 5) is 18.3. The van der Waals surface area contributed by atoms with Crippen LogP contribution in [0, 0.1) is 0 Å². The SMILES string of the molecule is CCc1ccccc1CNC1=NCCN(C(=O)OC(C)(C)C)C1. The van der Waals surface area contributed by atoms with Crippen LogP contribution < -0.4 is 5.32 Å². The number of carbonyl (C=O) groups excluding carboxylic acids is 1. The van der Waals surface area contributed by atoms with Gasteiger partial charge in [0, 0.05) is 13.1 Å². The van der Waals surface area contributed by atoms with Crippen molar-refractivity contribution >= 4 is 11.9 Å². The van der Waals surface area contributed by atoms with Crippen molar-refractivity contribution in [3.05, 3.63) is 35.4 Å². The highest BCUT2D eigenvalue weighted by molar-refractivity contribution is 5.87. The third-order valence-corrected chi connectivity index (χ3v) is 3.65. The maximum absolute atomic E-state index is 12.2. The summed E-state index contributed by atoms with van der Waals surface area (Å²) < 4.78 is 5.43. The maximum Gasteiger partial charge on any atom is 0.410 e. The van der Waals surface area contributed by atoms with Crippen LogP contribution in [0.3, 0.4) is 0 Å². The molecule has 0 saturated carbocycles. The highest BCUT2D eigenvalue weighted by Crippen LogP contribution is 2.12. The highest BCUT2D eigenvalue weighted by atomic mass is 16.6. The maximum atomic E-state index is 12.2. The summed E-state index contributed by atoms with van der Waals surface area (Å²) in [6.07, 6.45) is 0.731. The van der Waals surface area contributed by atoms with E-state index in [2.05, 4.69) is 35.4 Å². The van der Waals surface area contributed by atoms with Gasteiger partial charge < -0.3 is 10.1 Å². The minimum absolute atomic E-state index is 0.277. The van der Waals surface area contributed by atoms with Crippen molar-refractivity contribution in [2.75, 3.05) is 19.6 Å². The van der Waals surface area contributed by atoms with Gasteiger partial charge in [-0.2, -0.15) is 0 Å². The van der Waals surface area contributed by atoms with Gasteiger partial charge in [0.15, 0.2) is 0 Å². The Morgan fingerprint density at radius 3 is 2.65 bits per heavy atom. The minimum atomic E-state index is -0.473. The number of hydrogen-bond donors (Lipinski definition) is 1. The van der Waals surface area contributed by atoms with Gasteiger partial charge in [-0.1, -0.05) is 31.2 Å². The average Bonchev–Trinajstić information content (AvgIpc) is 2.52. The normalized spacial score (nSPS) is 15.1. The van der Waals surface area contributed by atoms with Crippen LogP contribution in [0.25, 0.3) is 0 Å². The van der Waals surface area contributed by atoms with Crippen molar-refractivity contribution in [1.82, 2.24) is 10.2 Å². The molecule has 0 bridgehead atoms. The van der Waals surface area contributed by atoms with Crippen molar-refractivity contribution in [2.24, 2.45) is 4.99 Å². The number of aryl methyl sites for hydroxylation is 1. The zero-order chi connectivity index (χ0) is 16.9. The van der Waals surface area contributed by atoms with E-state index in [-0.39, 0.29) is 6.09 Å². The Labute approximate surface area is 138 Å². The van der Waals surface area contributed by atoms with Gasteiger partial charge in [-0.15, -0.1) is 0 Å². The minimum Gasteiger partial charge on any atom is -0.444 e. The van der Waals surface area contributed by atoms with Crippen LogP contribution in [-0.2, 0) is 17.7 Å². The number of aliphatic imine (C=N–C) groups is 1. The molecule has 0 radical (unpaired) electrons. The molecule has 1 N–H and O–H groups in total. The van der Waals surface area contributed by atoms with Gasteiger partial charge in [0.25, 0.3) is 0 Å². The number of nitrogens with one attached hydrogen (secondary N) is 1. The number of hydrogen-bond acceptors (Lipinski definition) is 4. The van der Waals surface area contributed by atoms with Crippen molar-refractivity contribution < 1.29 is 9.53 Å². The molecular formula is C18H27N3O2. The van der Waals surface area contributed by atoms with Crippen molar-refractivity contribution in [1.29, 1.82) is 0 Å². The Kier molecular flexibility index (Phi) is 5.64. The smallest absolute Gasteiger partial charge is 0.410 e. The summed E-state index contributed by atoms with van der Waals surface area (Å²) in [5.41, 5.74) is 2.13. The second-order valence-electron chi connectivity index (χ2n) is 6.71. The second kappa shape index (κ2) is 7.49. The van der Waals surface area contributed by atoms with Crippen LogP contribution in [0.1, 0.15) is 38.8 Å². The third kappa shape index (κ3) is 5.27. The Hall–Kier alpha value is -2.04. The molecule has 0 unspecified atom stereocenters. The fourth-order valence-electron chi connectivity index (χ4n) is 2.48. The number of amides is 1. The fourth-order valence-corrected chi connectivity index (χ4v) is 2.48. The van der Waals surface area contributed by atoms with Gasteiger partial charge in [-0.3, -0.25) is 9.89 Å². The summed E-state index contributed by atoms with van der Waals surface area (Å²) >= 11 is 0. The molecule has 0 atom stereocenters. The molecule has 5 heteroatoms. The molecule has 0 saturated heterocycles. The molecule has 1 amide bonds. The molecule has 0 spiro atoms. The average molecular weight is 317 g/mol. The number of ether oxygens (including phenoxy) is 1. The van der Waals surface area contributed by atoms with E-state index in [1.165, 1.54) is 11.1 Å². The number of amidine groups is 1. The molecule has 1 aliphatic rings. The zero-order valence-corrected chi connectivity index (χ0v) is 14.6. The van der Waals surface area contributed by atoms with Crippen molar-refractivity contribution in [2.45, 2.75) is 46.3 Å². The first-order valence-electron chi connectivity index (χ1n) is 8.21.